The average Bonchev–Trinajstić information content (AvgIpc) is 2.95. The molecule has 0 amide bonds. The Morgan fingerprint density at radius 3 is 3.11 bits per heavy atom. The smallest absolute Gasteiger partial charge is 0.201 e. The second kappa shape index (κ2) is 4.85. The zero-order valence-electron chi connectivity index (χ0n) is 11.6. The van der Waals surface area contributed by atoms with Crippen LogP contribution in [0, 0.1) is 12.8 Å². The van der Waals surface area contributed by atoms with Crippen molar-refractivity contribution in [2.45, 2.75) is 39.3 Å². The fourth-order valence-corrected chi connectivity index (χ4v) is 3.04. The summed E-state index contributed by atoms with van der Waals surface area (Å²) in [4.78, 5) is 4.47. The number of ether oxygens (including phenoxy) is 1. The summed E-state index contributed by atoms with van der Waals surface area (Å²) in [5.41, 5.74) is 9.41. The summed E-state index contributed by atoms with van der Waals surface area (Å²) in [7, 11) is 0. The molecule has 0 spiro atoms. The molecule has 4 nitrogen and oxygen atoms in total. The topological polar surface area (TPSA) is 53.1 Å². The van der Waals surface area contributed by atoms with Crippen molar-refractivity contribution < 1.29 is 4.74 Å². The first-order valence-corrected chi connectivity index (χ1v) is 7.03. The van der Waals surface area contributed by atoms with Gasteiger partial charge in [0.2, 0.25) is 5.95 Å². The Balaban J connectivity index is 1.94. The predicted octanol–water partition coefficient (Wildman–Crippen LogP) is 2.74. The van der Waals surface area contributed by atoms with E-state index in [1.54, 1.807) is 0 Å². The van der Waals surface area contributed by atoms with Crippen LogP contribution < -0.4 is 5.73 Å². The second-order valence-electron chi connectivity index (χ2n) is 5.44. The molecule has 0 radical (unpaired) electrons. The second-order valence-corrected chi connectivity index (χ2v) is 5.44. The number of aromatic nitrogens is 2. The third-order valence-corrected chi connectivity index (χ3v) is 4.10. The molecule has 2 atom stereocenters. The first-order valence-electron chi connectivity index (χ1n) is 7.03. The summed E-state index contributed by atoms with van der Waals surface area (Å²) in [6, 6.07) is 6.32. The maximum Gasteiger partial charge on any atom is 0.201 e. The lowest BCUT2D eigenvalue weighted by atomic mass is 9.99. The van der Waals surface area contributed by atoms with Gasteiger partial charge in [-0.15, -0.1) is 0 Å². The van der Waals surface area contributed by atoms with Gasteiger partial charge in [-0.2, -0.15) is 0 Å². The van der Waals surface area contributed by atoms with Crippen molar-refractivity contribution in [2.75, 3.05) is 12.3 Å². The summed E-state index contributed by atoms with van der Waals surface area (Å²) >= 11 is 0. The fraction of sp³-hybridized carbons (Fsp3) is 0.533. The number of nitrogens with two attached hydrogens (primary N) is 1. The van der Waals surface area contributed by atoms with E-state index in [1.807, 2.05) is 0 Å². The molecule has 0 bridgehead atoms. The Morgan fingerprint density at radius 2 is 2.32 bits per heavy atom. The summed E-state index contributed by atoms with van der Waals surface area (Å²) in [5, 5.41) is 0. The van der Waals surface area contributed by atoms with Gasteiger partial charge in [-0.25, -0.2) is 4.98 Å². The standard InChI is InChI=1S/C15H21N3O/c1-3-14-11(6-7-19-14)9-18-13-5-4-10(2)8-12(13)17-15(18)16/h4-5,8,11,14H,3,6-7,9H2,1-2H3,(H2,16,17). The molecule has 1 fully saturated rings. The number of nitrogen functional groups attached to an aromatic ring is 1. The number of fused-ring (bicyclic) bond motifs is 1. The lowest BCUT2D eigenvalue weighted by molar-refractivity contribution is 0.0839. The van der Waals surface area contributed by atoms with Crippen molar-refractivity contribution in [1.29, 1.82) is 0 Å². The summed E-state index contributed by atoms with van der Waals surface area (Å²) < 4.78 is 7.90. The van der Waals surface area contributed by atoms with Gasteiger partial charge in [0.15, 0.2) is 0 Å². The predicted molar refractivity (Wildman–Crippen MR) is 77.0 cm³/mol. The first-order chi connectivity index (χ1) is 9.19. The summed E-state index contributed by atoms with van der Waals surface area (Å²) in [5.74, 6) is 1.16. The maximum absolute atomic E-state index is 6.08. The number of rotatable bonds is 3. The van der Waals surface area contributed by atoms with E-state index in [2.05, 4.69) is 41.6 Å². The third kappa shape index (κ3) is 2.21. The Labute approximate surface area is 113 Å². The SMILES string of the molecule is CCC1OCCC1Cn1c(N)nc2cc(C)ccc21. The highest BCUT2D eigenvalue weighted by molar-refractivity contribution is 5.79. The van der Waals surface area contributed by atoms with E-state index in [4.69, 9.17) is 10.5 Å². The molecule has 1 saturated heterocycles. The Bertz CT molecular complexity index is 590. The van der Waals surface area contributed by atoms with Crippen LogP contribution in [0.4, 0.5) is 5.95 Å². The molecule has 19 heavy (non-hydrogen) atoms. The van der Waals surface area contributed by atoms with Crippen LogP contribution in [0.1, 0.15) is 25.3 Å². The number of imidazole rings is 1. The van der Waals surface area contributed by atoms with Gasteiger partial charge in [-0.05, 0) is 37.5 Å². The minimum absolute atomic E-state index is 0.363. The van der Waals surface area contributed by atoms with Crippen LogP contribution in [0.3, 0.4) is 0 Å². The molecule has 1 aliphatic rings. The molecule has 1 aliphatic heterocycles. The van der Waals surface area contributed by atoms with Gasteiger partial charge in [0.25, 0.3) is 0 Å². The van der Waals surface area contributed by atoms with E-state index in [-0.39, 0.29) is 0 Å². The summed E-state index contributed by atoms with van der Waals surface area (Å²) in [6.45, 7) is 6.03. The lowest BCUT2D eigenvalue weighted by Gasteiger charge is -2.18. The first kappa shape index (κ1) is 12.5. The van der Waals surface area contributed by atoms with Gasteiger partial charge >= 0.3 is 0 Å². The van der Waals surface area contributed by atoms with Crippen LogP contribution in [-0.2, 0) is 11.3 Å². The largest absolute Gasteiger partial charge is 0.378 e. The number of nitrogens with zero attached hydrogens (tertiary/aromatic N) is 2. The van der Waals surface area contributed by atoms with Crippen molar-refractivity contribution in [3.05, 3.63) is 23.8 Å². The number of hydrogen-bond acceptors (Lipinski definition) is 3. The van der Waals surface area contributed by atoms with Gasteiger partial charge < -0.3 is 15.0 Å². The normalized spacial score (nSPS) is 23.3. The van der Waals surface area contributed by atoms with E-state index in [0.717, 1.165) is 37.0 Å². The number of anilines is 1. The molecule has 2 heterocycles. The quantitative estimate of drug-likeness (QED) is 0.922. The van der Waals surface area contributed by atoms with E-state index >= 15 is 0 Å². The molecule has 4 heteroatoms. The van der Waals surface area contributed by atoms with E-state index < -0.39 is 0 Å². The van der Waals surface area contributed by atoms with Crippen LogP contribution in [-0.4, -0.2) is 22.3 Å². The van der Waals surface area contributed by atoms with Gasteiger partial charge in [-0.1, -0.05) is 13.0 Å². The van der Waals surface area contributed by atoms with Crippen LogP contribution in [0.15, 0.2) is 18.2 Å². The van der Waals surface area contributed by atoms with Crippen molar-refractivity contribution in [1.82, 2.24) is 9.55 Å². The molecular weight excluding hydrogens is 238 g/mol. The molecule has 3 rings (SSSR count). The fourth-order valence-electron chi connectivity index (χ4n) is 3.04. The molecule has 102 valence electrons. The zero-order chi connectivity index (χ0) is 13.4. The van der Waals surface area contributed by atoms with Gasteiger partial charge in [0, 0.05) is 19.1 Å². The zero-order valence-corrected chi connectivity index (χ0v) is 11.6. The van der Waals surface area contributed by atoms with Crippen LogP contribution >= 0.6 is 0 Å². The Kier molecular flexibility index (Phi) is 3.19. The maximum atomic E-state index is 6.08. The average molecular weight is 259 g/mol. The number of hydrogen-bond donors (Lipinski definition) is 1. The molecular formula is C15H21N3O. The minimum atomic E-state index is 0.363. The molecule has 0 saturated carbocycles. The third-order valence-electron chi connectivity index (χ3n) is 4.10. The highest BCUT2D eigenvalue weighted by Gasteiger charge is 2.28. The highest BCUT2D eigenvalue weighted by Crippen LogP contribution is 2.28. The van der Waals surface area contributed by atoms with E-state index in [1.165, 1.54) is 5.56 Å². The van der Waals surface area contributed by atoms with Crippen LogP contribution in [0.2, 0.25) is 0 Å². The molecule has 2 aromatic rings. The Hall–Kier alpha value is -1.55. The lowest BCUT2D eigenvalue weighted by Crippen LogP contribution is -2.21. The van der Waals surface area contributed by atoms with Crippen molar-refractivity contribution >= 4 is 17.0 Å². The molecule has 2 unspecified atom stereocenters. The van der Waals surface area contributed by atoms with Crippen molar-refractivity contribution in [3.63, 3.8) is 0 Å². The van der Waals surface area contributed by atoms with Crippen LogP contribution in [0.5, 0.6) is 0 Å². The molecule has 1 aromatic heterocycles. The molecule has 0 aliphatic carbocycles. The minimum Gasteiger partial charge on any atom is -0.378 e. The highest BCUT2D eigenvalue weighted by atomic mass is 16.5. The van der Waals surface area contributed by atoms with Gasteiger partial charge in [-0.3, -0.25) is 0 Å². The number of aryl methyl sites for hydroxylation is 1. The van der Waals surface area contributed by atoms with Crippen molar-refractivity contribution in [2.24, 2.45) is 5.92 Å². The van der Waals surface area contributed by atoms with E-state index in [9.17, 15) is 0 Å². The number of benzene rings is 1. The Morgan fingerprint density at radius 1 is 1.47 bits per heavy atom. The molecule has 2 N–H and O–H groups in total. The van der Waals surface area contributed by atoms with Gasteiger partial charge in [0.1, 0.15) is 0 Å². The van der Waals surface area contributed by atoms with Crippen molar-refractivity contribution in [3.8, 4) is 0 Å². The van der Waals surface area contributed by atoms with Gasteiger partial charge in [0.05, 0.1) is 17.1 Å². The monoisotopic (exact) mass is 259 g/mol. The van der Waals surface area contributed by atoms with E-state index in [0.29, 0.717) is 18.0 Å². The molecule has 1 aromatic carbocycles. The summed E-state index contributed by atoms with van der Waals surface area (Å²) in [6.07, 6.45) is 2.54. The van der Waals surface area contributed by atoms with Crippen LogP contribution in [0.25, 0.3) is 11.0 Å².